The van der Waals surface area contributed by atoms with Crippen molar-refractivity contribution in [3.8, 4) is 22.9 Å². The SMILES string of the molecule is COc1cc(-n2cc(S(N)(=O)=O)c3cc(N)ccc32)cc(OC)c1OC. The van der Waals surface area contributed by atoms with Gasteiger partial charge in [0.05, 0.1) is 32.5 Å². The summed E-state index contributed by atoms with van der Waals surface area (Å²) in [7, 11) is 0.576. The minimum absolute atomic E-state index is 0.0199. The van der Waals surface area contributed by atoms with Crippen LogP contribution in [0.3, 0.4) is 0 Å². The smallest absolute Gasteiger partial charge is 0.240 e. The number of nitrogens with two attached hydrogens (primary N) is 2. The molecule has 0 bridgehead atoms. The number of hydrogen-bond acceptors (Lipinski definition) is 6. The summed E-state index contributed by atoms with van der Waals surface area (Å²) < 4.78 is 41.7. The van der Waals surface area contributed by atoms with Crippen molar-refractivity contribution in [2.24, 2.45) is 5.14 Å². The van der Waals surface area contributed by atoms with Gasteiger partial charge in [0, 0.05) is 29.4 Å². The van der Waals surface area contributed by atoms with E-state index < -0.39 is 10.0 Å². The predicted octanol–water partition coefficient (Wildman–Crippen LogP) is 1.89. The van der Waals surface area contributed by atoms with E-state index >= 15 is 0 Å². The van der Waals surface area contributed by atoms with Crippen LogP contribution in [0.15, 0.2) is 41.4 Å². The lowest BCUT2D eigenvalue weighted by Gasteiger charge is -2.15. The first-order valence-electron chi connectivity index (χ1n) is 7.54. The van der Waals surface area contributed by atoms with Crippen LogP contribution in [-0.2, 0) is 10.0 Å². The Morgan fingerprint density at radius 1 is 0.962 bits per heavy atom. The average molecular weight is 377 g/mol. The van der Waals surface area contributed by atoms with E-state index in [1.807, 2.05) is 0 Å². The third-order valence-corrected chi connectivity index (χ3v) is 4.96. The van der Waals surface area contributed by atoms with Gasteiger partial charge in [0.15, 0.2) is 11.5 Å². The Labute approximate surface area is 150 Å². The van der Waals surface area contributed by atoms with Crippen LogP contribution in [0.1, 0.15) is 0 Å². The summed E-state index contributed by atoms with van der Waals surface area (Å²) in [6, 6.07) is 8.41. The van der Waals surface area contributed by atoms with Gasteiger partial charge in [-0.3, -0.25) is 0 Å². The maximum Gasteiger partial charge on any atom is 0.240 e. The molecule has 0 radical (unpaired) electrons. The van der Waals surface area contributed by atoms with E-state index in [0.29, 0.717) is 39.5 Å². The minimum Gasteiger partial charge on any atom is -0.493 e. The molecule has 0 saturated heterocycles. The van der Waals surface area contributed by atoms with Crippen molar-refractivity contribution < 1.29 is 22.6 Å². The van der Waals surface area contributed by atoms with Gasteiger partial charge in [0.25, 0.3) is 0 Å². The van der Waals surface area contributed by atoms with E-state index in [0.717, 1.165) is 0 Å². The van der Waals surface area contributed by atoms with Gasteiger partial charge in [-0.2, -0.15) is 0 Å². The second kappa shape index (κ2) is 6.43. The lowest BCUT2D eigenvalue weighted by atomic mass is 10.2. The van der Waals surface area contributed by atoms with Crippen LogP contribution < -0.4 is 25.1 Å². The first kappa shape index (κ1) is 17.9. The molecule has 0 aliphatic rings. The second-order valence-electron chi connectivity index (χ2n) is 5.57. The number of sulfonamides is 1. The number of rotatable bonds is 5. The highest BCUT2D eigenvalue weighted by atomic mass is 32.2. The summed E-state index contributed by atoms with van der Waals surface area (Å²) in [5.74, 6) is 1.32. The first-order valence-corrected chi connectivity index (χ1v) is 9.08. The Kier molecular flexibility index (Phi) is 4.43. The average Bonchev–Trinajstić information content (AvgIpc) is 2.99. The predicted molar refractivity (Wildman–Crippen MR) is 98.7 cm³/mol. The molecule has 0 unspecified atom stereocenters. The van der Waals surface area contributed by atoms with E-state index in [1.165, 1.54) is 27.5 Å². The molecule has 1 heterocycles. The molecule has 8 nitrogen and oxygen atoms in total. The molecule has 26 heavy (non-hydrogen) atoms. The van der Waals surface area contributed by atoms with Crippen LogP contribution in [0.2, 0.25) is 0 Å². The fourth-order valence-corrected chi connectivity index (χ4v) is 3.59. The molecule has 2 aromatic carbocycles. The first-order chi connectivity index (χ1) is 12.3. The van der Waals surface area contributed by atoms with E-state index in [1.54, 1.807) is 34.9 Å². The fraction of sp³-hybridized carbons (Fsp3) is 0.176. The molecule has 0 atom stereocenters. The Hall–Kier alpha value is -2.91. The van der Waals surface area contributed by atoms with Gasteiger partial charge in [-0.15, -0.1) is 0 Å². The lowest BCUT2D eigenvalue weighted by molar-refractivity contribution is 0.324. The van der Waals surface area contributed by atoms with Crippen molar-refractivity contribution in [1.29, 1.82) is 0 Å². The van der Waals surface area contributed by atoms with Crippen molar-refractivity contribution in [3.05, 3.63) is 36.5 Å². The van der Waals surface area contributed by atoms with Gasteiger partial charge in [-0.25, -0.2) is 13.6 Å². The van der Waals surface area contributed by atoms with Crippen LogP contribution in [-0.4, -0.2) is 34.3 Å². The van der Waals surface area contributed by atoms with E-state index in [4.69, 9.17) is 25.1 Å². The third kappa shape index (κ3) is 2.91. The summed E-state index contributed by atoms with van der Waals surface area (Å²) >= 11 is 0. The number of benzene rings is 2. The number of aromatic nitrogens is 1. The summed E-state index contributed by atoms with van der Waals surface area (Å²) in [5, 5.41) is 5.80. The largest absolute Gasteiger partial charge is 0.493 e. The van der Waals surface area contributed by atoms with Crippen LogP contribution in [0.25, 0.3) is 16.6 Å². The monoisotopic (exact) mass is 377 g/mol. The molecule has 138 valence electrons. The quantitative estimate of drug-likeness (QED) is 0.655. The standard InChI is InChI=1S/C17H19N3O5S/c1-23-14-7-11(8-15(24-2)17(14)25-3)20-9-16(26(19,21)22)12-6-10(18)4-5-13(12)20/h4-9H,18H2,1-3H3,(H2,19,21,22). The summed E-state index contributed by atoms with van der Waals surface area (Å²) in [6.07, 6.45) is 1.44. The fourth-order valence-electron chi connectivity index (χ4n) is 2.86. The molecule has 0 fully saturated rings. The number of methoxy groups -OCH3 is 3. The Balaban J connectivity index is 2.36. The van der Waals surface area contributed by atoms with E-state index in [-0.39, 0.29) is 4.90 Å². The normalized spacial score (nSPS) is 11.5. The van der Waals surface area contributed by atoms with E-state index in [9.17, 15) is 8.42 Å². The molecular formula is C17H19N3O5S. The van der Waals surface area contributed by atoms with Crippen molar-refractivity contribution in [2.75, 3.05) is 27.1 Å². The molecule has 3 rings (SSSR count). The number of fused-ring (bicyclic) bond motifs is 1. The Morgan fingerprint density at radius 2 is 1.58 bits per heavy atom. The molecular weight excluding hydrogens is 358 g/mol. The number of nitrogen functional groups attached to an aromatic ring is 1. The van der Waals surface area contributed by atoms with Crippen molar-refractivity contribution in [2.45, 2.75) is 4.90 Å². The highest BCUT2D eigenvalue weighted by Crippen LogP contribution is 2.40. The number of anilines is 1. The second-order valence-corrected chi connectivity index (χ2v) is 7.10. The molecule has 0 aliphatic carbocycles. The van der Waals surface area contributed by atoms with Gasteiger partial charge in [-0.05, 0) is 18.2 Å². The van der Waals surface area contributed by atoms with Crippen LogP contribution in [0, 0.1) is 0 Å². The summed E-state index contributed by atoms with van der Waals surface area (Å²) in [5.41, 5.74) is 7.48. The zero-order valence-electron chi connectivity index (χ0n) is 14.5. The molecule has 3 aromatic rings. The molecule has 0 aliphatic heterocycles. The number of nitrogens with zero attached hydrogens (tertiary/aromatic N) is 1. The maximum absolute atomic E-state index is 12.0. The van der Waals surface area contributed by atoms with Crippen LogP contribution in [0.4, 0.5) is 5.69 Å². The van der Waals surface area contributed by atoms with Gasteiger partial charge < -0.3 is 24.5 Å². The molecule has 0 amide bonds. The van der Waals surface area contributed by atoms with Crippen molar-refractivity contribution in [1.82, 2.24) is 4.57 Å². The van der Waals surface area contributed by atoms with Crippen molar-refractivity contribution in [3.63, 3.8) is 0 Å². The van der Waals surface area contributed by atoms with Gasteiger partial charge in [-0.1, -0.05) is 0 Å². The lowest BCUT2D eigenvalue weighted by Crippen LogP contribution is -2.11. The highest BCUT2D eigenvalue weighted by molar-refractivity contribution is 7.89. The van der Waals surface area contributed by atoms with Crippen molar-refractivity contribution >= 4 is 26.6 Å². The minimum atomic E-state index is -3.94. The molecule has 1 aromatic heterocycles. The summed E-state index contributed by atoms with van der Waals surface area (Å²) in [4.78, 5) is -0.0199. The van der Waals surface area contributed by atoms with Crippen LogP contribution in [0.5, 0.6) is 17.2 Å². The zero-order valence-corrected chi connectivity index (χ0v) is 15.3. The van der Waals surface area contributed by atoms with Gasteiger partial charge in [0.1, 0.15) is 4.90 Å². The third-order valence-electron chi connectivity index (χ3n) is 4.03. The maximum atomic E-state index is 12.0. The van der Waals surface area contributed by atoms with E-state index in [2.05, 4.69) is 0 Å². The summed E-state index contributed by atoms with van der Waals surface area (Å²) in [6.45, 7) is 0. The van der Waals surface area contributed by atoms with Gasteiger partial charge in [0.2, 0.25) is 15.8 Å². The molecule has 9 heteroatoms. The molecule has 0 spiro atoms. The Morgan fingerprint density at radius 3 is 2.08 bits per heavy atom. The highest BCUT2D eigenvalue weighted by Gasteiger charge is 2.20. The zero-order chi connectivity index (χ0) is 19.1. The topological polar surface area (TPSA) is 119 Å². The number of primary sulfonamides is 1. The molecule has 4 N–H and O–H groups in total. The van der Waals surface area contributed by atoms with Gasteiger partial charge >= 0.3 is 0 Å². The van der Waals surface area contributed by atoms with Crippen LogP contribution >= 0.6 is 0 Å². The number of hydrogen-bond donors (Lipinski definition) is 2. The number of ether oxygens (including phenoxy) is 3. The Bertz CT molecular complexity index is 1060. The molecule has 0 saturated carbocycles.